The summed E-state index contributed by atoms with van der Waals surface area (Å²) in [6.45, 7) is 0. The Hall–Kier alpha value is -1.89. The summed E-state index contributed by atoms with van der Waals surface area (Å²) in [5.74, 6) is -1.04. The molecule has 14 heavy (non-hydrogen) atoms. The van der Waals surface area contributed by atoms with Gasteiger partial charge >= 0.3 is 0 Å². The van der Waals surface area contributed by atoms with E-state index in [0.717, 1.165) is 6.20 Å². The molecule has 0 saturated carbocycles. The topological polar surface area (TPSA) is 133 Å². The number of nitrogens with two attached hydrogens (primary N) is 3. The lowest BCUT2D eigenvalue weighted by atomic mass is 10.4. The van der Waals surface area contributed by atoms with Crippen molar-refractivity contribution in [3.05, 3.63) is 17.0 Å². The number of nitrogens with zero attached hydrogens (tertiary/aromatic N) is 3. The Labute approximate surface area is 84.0 Å². The predicted molar refractivity (Wildman–Crippen MR) is 51.6 cm³/mol. The van der Waals surface area contributed by atoms with Crippen LogP contribution in [-0.2, 0) is 0 Å². The zero-order valence-corrected chi connectivity index (χ0v) is 7.69. The zero-order valence-electron chi connectivity index (χ0n) is 6.94. The van der Waals surface area contributed by atoms with Crippen molar-refractivity contribution in [1.29, 1.82) is 0 Å². The fraction of sp³-hybridized carbons (Fsp3) is 0. The summed E-state index contributed by atoms with van der Waals surface area (Å²) in [5, 5.41) is -0.0679. The number of halogens is 1. The van der Waals surface area contributed by atoms with Crippen molar-refractivity contribution in [2.75, 3.05) is 5.73 Å². The fourth-order valence-electron chi connectivity index (χ4n) is 0.653. The number of carbonyl (C=O) groups excluding carboxylic acids is 1. The van der Waals surface area contributed by atoms with Gasteiger partial charge < -0.3 is 17.2 Å². The molecule has 8 heteroatoms. The second kappa shape index (κ2) is 3.88. The molecule has 0 spiro atoms. The van der Waals surface area contributed by atoms with Crippen LogP contribution < -0.4 is 17.2 Å². The first-order valence-electron chi connectivity index (χ1n) is 3.42. The van der Waals surface area contributed by atoms with Crippen LogP contribution in [0.25, 0.3) is 0 Å². The molecule has 1 heterocycles. The molecule has 1 aromatic heterocycles. The molecule has 1 amide bonds. The average molecular weight is 215 g/mol. The number of amides is 1. The Balaban J connectivity index is 3.03. The van der Waals surface area contributed by atoms with Gasteiger partial charge in [-0.15, -0.1) is 0 Å². The van der Waals surface area contributed by atoms with E-state index in [1.54, 1.807) is 0 Å². The third-order valence-electron chi connectivity index (χ3n) is 1.21. The van der Waals surface area contributed by atoms with E-state index >= 15 is 0 Å². The largest absolute Gasteiger partial charge is 0.381 e. The van der Waals surface area contributed by atoms with E-state index in [1.807, 2.05) is 0 Å². The van der Waals surface area contributed by atoms with Crippen LogP contribution in [0.1, 0.15) is 10.5 Å². The van der Waals surface area contributed by atoms with Crippen LogP contribution >= 0.6 is 11.6 Å². The smallest absolute Gasteiger partial charge is 0.300 e. The van der Waals surface area contributed by atoms with E-state index in [1.165, 1.54) is 0 Å². The van der Waals surface area contributed by atoms with E-state index in [4.69, 9.17) is 28.8 Å². The molecule has 0 aliphatic carbocycles. The molecule has 0 fully saturated rings. The van der Waals surface area contributed by atoms with Gasteiger partial charge in [0, 0.05) is 0 Å². The number of aliphatic imine (C=N–C) groups is 1. The normalized spacial score (nSPS) is 9.50. The first-order chi connectivity index (χ1) is 6.50. The number of anilines is 1. The Bertz CT molecular complexity index is 399. The molecular weight excluding hydrogens is 208 g/mol. The van der Waals surface area contributed by atoms with E-state index in [2.05, 4.69) is 15.0 Å². The van der Waals surface area contributed by atoms with Gasteiger partial charge in [0.15, 0.2) is 22.6 Å². The summed E-state index contributed by atoms with van der Waals surface area (Å²) >= 11 is 5.53. The Morgan fingerprint density at radius 2 is 2.14 bits per heavy atom. The Morgan fingerprint density at radius 1 is 1.50 bits per heavy atom. The van der Waals surface area contributed by atoms with Gasteiger partial charge in [0.05, 0.1) is 6.20 Å². The van der Waals surface area contributed by atoms with Crippen LogP contribution in [0.15, 0.2) is 11.2 Å². The minimum absolute atomic E-state index is 0.0351. The van der Waals surface area contributed by atoms with E-state index in [0.29, 0.717) is 0 Å². The fourth-order valence-corrected chi connectivity index (χ4v) is 0.793. The third kappa shape index (κ3) is 2.30. The quantitative estimate of drug-likeness (QED) is 0.411. The van der Waals surface area contributed by atoms with Crippen molar-refractivity contribution in [3.63, 3.8) is 0 Å². The van der Waals surface area contributed by atoms with Gasteiger partial charge in [-0.3, -0.25) is 4.79 Å². The van der Waals surface area contributed by atoms with Crippen LogP contribution in [-0.4, -0.2) is 21.8 Å². The van der Waals surface area contributed by atoms with Crippen LogP contribution in [0.2, 0.25) is 5.15 Å². The number of rotatable bonds is 1. The highest BCUT2D eigenvalue weighted by Gasteiger charge is 2.09. The van der Waals surface area contributed by atoms with Crippen molar-refractivity contribution in [1.82, 2.24) is 9.97 Å². The van der Waals surface area contributed by atoms with Gasteiger partial charge in [0.1, 0.15) is 0 Å². The van der Waals surface area contributed by atoms with Gasteiger partial charge in [-0.25, -0.2) is 9.97 Å². The van der Waals surface area contributed by atoms with Gasteiger partial charge in [-0.1, -0.05) is 11.6 Å². The highest BCUT2D eigenvalue weighted by molar-refractivity contribution is 6.31. The molecule has 0 radical (unpaired) electrons. The monoisotopic (exact) mass is 214 g/mol. The first-order valence-corrected chi connectivity index (χ1v) is 3.80. The lowest BCUT2D eigenvalue weighted by Crippen LogP contribution is -2.24. The molecule has 0 atom stereocenters. The van der Waals surface area contributed by atoms with Crippen LogP contribution in [0.3, 0.4) is 0 Å². The third-order valence-corrected chi connectivity index (χ3v) is 1.48. The average Bonchev–Trinajstić information content (AvgIpc) is 2.08. The van der Waals surface area contributed by atoms with Crippen molar-refractivity contribution in [2.45, 2.75) is 0 Å². The summed E-state index contributed by atoms with van der Waals surface area (Å²) in [6, 6.07) is 0. The highest BCUT2D eigenvalue weighted by Crippen LogP contribution is 2.12. The van der Waals surface area contributed by atoms with Crippen LogP contribution in [0.5, 0.6) is 0 Å². The maximum atomic E-state index is 11.2. The Morgan fingerprint density at radius 3 is 2.64 bits per heavy atom. The summed E-state index contributed by atoms with van der Waals surface area (Å²) < 4.78 is 0. The molecule has 1 aromatic rings. The number of hydrogen-bond acceptors (Lipinski definition) is 4. The lowest BCUT2D eigenvalue weighted by molar-refractivity contribution is 0.0997. The van der Waals surface area contributed by atoms with E-state index < -0.39 is 5.91 Å². The molecule has 74 valence electrons. The summed E-state index contributed by atoms with van der Waals surface area (Å²) in [7, 11) is 0. The van der Waals surface area contributed by atoms with Crippen molar-refractivity contribution in [3.8, 4) is 0 Å². The summed E-state index contributed by atoms with van der Waals surface area (Å²) in [5.41, 5.74) is 15.2. The molecule has 0 unspecified atom stereocenters. The number of nitrogen functional groups attached to an aromatic ring is 1. The summed E-state index contributed by atoms with van der Waals surface area (Å²) in [4.78, 5) is 21.7. The molecule has 1 rings (SSSR count). The van der Waals surface area contributed by atoms with Gasteiger partial charge in [0.2, 0.25) is 0 Å². The zero-order chi connectivity index (χ0) is 10.7. The maximum absolute atomic E-state index is 11.2. The standard InChI is InChI=1S/C6H7ClN6O/c7-3-4(8)11-1-2(12-3)5(14)13-6(9)10/h1H,(H2,8,11)(H4,9,10,13,14). The second-order valence-corrected chi connectivity index (χ2v) is 2.63. The predicted octanol–water partition coefficient (Wildman–Crippen LogP) is -0.874. The lowest BCUT2D eigenvalue weighted by Gasteiger charge is -1.97. The maximum Gasteiger partial charge on any atom is 0.300 e. The Kier molecular flexibility index (Phi) is 2.82. The van der Waals surface area contributed by atoms with Crippen molar-refractivity contribution in [2.24, 2.45) is 16.5 Å². The molecule has 0 bridgehead atoms. The van der Waals surface area contributed by atoms with Gasteiger partial charge in [-0.2, -0.15) is 4.99 Å². The summed E-state index contributed by atoms with van der Waals surface area (Å²) in [6.07, 6.45) is 1.13. The molecule has 6 N–H and O–H groups in total. The molecule has 0 aliphatic rings. The molecule has 0 saturated heterocycles. The first kappa shape index (κ1) is 10.2. The van der Waals surface area contributed by atoms with Crippen molar-refractivity contribution < 1.29 is 4.79 Å². The highest BCUT2D eigenvalue weighted by atomic mass is 35.5. The van der Waals surface area contributed by atoms with E-state index in [-0.39, 0.29) is 22.6 Å². The SMILES string of the molecule is NC(N)=NC(=O)c1cnc(N)c(Cl)n1. The minimum atomic E-state index is -0.723. The van der Waals surface area contributed by atoms with E-state index in [9.17, 15) is 4.79 Å². The minimum Gasteiger partial charge on any atom is -0.381 e. The second-order valence-electron chi connectivity index (χ2n) is 2.27. The van der Waals surface area contributed by atoms with Crippen LogP contribution in [0, 0.1) is 0 Å². The molecule has 0 aromatic carbocycles. The van der Waals surface area contributed by atoms with Gasteiger partial charge in [-0.05, 0) is 0 Å². The molecule has 7 nitrogen and oxygen atoms in total. The molecular formula is C6H7ClN6O. The number of guanidine groups is 1. The number of carbonyl (C=O) groups is 1. The van der Waals surface area contributed by atoms with Crippen LogP contribution in [0.4, 0.5) is 5.82 Å². The number of hydrogen-bond donors (Lipinski definition) is 3. The van der Waals surface area contributed by atoms with Gasteiger partial charge in [0.25, 0.3) is 5.91 Å². The number of aromatic nitrogens is 2. The molecule has 0 aliphatic heterocycles. The van der Waals surface area contributed by atoms with Crippen molar-refractivity contribution >= 4 is 29.3 Å².